The summed E-state index contributed by atoms with van der Waals surface area (Å²) in [6, 6.07) is 1.72. The minimum absolute atomic E-state index is 0.120. The highest BCUT2D eigenvalue weighted by molar-refractivity contribution is 8.05. The van der Waals surface area contributed by atoms with Crippen LogP contribution in [0.1, 0.15) is 68.7 Å². The third-order valence-electron chi connectivity index (χ3n) is 5.48. The van der Waals surface area contributed by atoms with E-state index in [0.29, 0.717) is 17.5 Å². The van der Waals surface area contributed by atoms with Gasteiger partial charge in [-0.2, -0.15) is 13.2 Å². The summed E-state index contributed by atoms with van der Waals surface area (Å²) in [5.41, 5.74) is -0.170. The molecule has 0 saturated carbocycles. The molecule has 9 nitrogen and oxygen atoms in total. The molecular formula is C26H27ClF3N7O2S2. The average molecular weight is 626 g/mol. The van der Waals surface area contributed by atoms with Crippen molar-refractivity contribution in [3.05, 3.63) is 86.3 Å². The van der Waals surface area contributed by atoms with Gasteiger partial charge in [-0.25, -0.2) is 19.9 Å². The van der Waals surface area contributed by atoms with Crippen molar-refractivity contribution in [3.63, 3.8) is 0 Å². The number of nitrogens with one attached hydrogen (secondary N) is 3. The van der Waals surface area contributed by atoms with Crippen LogP contribution in [0.3, 0.4) is 0 Å². The second kappa shape index (κ2) is 14.9. The average Bonchev–Trinajstić information content (AvgIpc) is 3.42. The van der Waals surface area contributed by atoms with Crippen LogP contribution in [0.2, 0.25) is 5.02 Å². The first kappa shape index (κ1) is 32.0. The fraction of sp³-hybridized carbons (Fsp3) is 0.308. The molecule has 3 aromatic rings. The number of aromatic nitrogens is 4. The van der Waals surface area contributed by atoms with Crippen molar-refractivity contribution in [2.45, 2.75) is 44.8 Å². The molecule has 0 aromatic carbocycles. The van der Waals surface area contributed by atoms with Gasteiger partial charge in [0.25, 0.3) is 11.8 Å². The number of pyridine rings is 1. The van der Waals surface area contributed by atoms with Crippen LogP contribution in [-0.4, -0.2) is 38.3 Å². The monoisotopic (exact) mass is 625 g/mol. The van der Waals surface area contributed by atoms with Crippen LogP contribution in [-0.2, 0) is 12.6 Å². The van der Waals surface area contributed by atoms with E-state index in [9.17, 15) is 22.8 Å². The van der Waals surface area contributed by atoms with Crippen LogP contribution in [0, 0.1) is 0 Å². The fourth-order valence-electron chi connectivity index (χ4n) is 3.46. The van der Waals surface area contributed by atoms with Gasteiger partial charge in [0.15, 0.2) is 0 Å². The molecule has 3 rings (SSSR count). The van der Waals surface area contributed by atoms with E-state index in [0.717, 1.165) is 54.1 Å². The van der Waals surface area contributed by atoms with Gasteiger partial charge in [-0.3, -0.25) is 9.59 Å². The first-order valence-electron chi connectivity index (χ1n) is 12.3. The SMILES string of the molecule is C=CSC(=C)NCCCCCc1cc(C(=O)NC(C)c2ncc(C(=O)Nc3cc(C(F)(F)F)c(Cl)cn3)s2)ncn1. The second-order valence-electron chi connectivity index (χ2n) is 8.60. The molecule has 41 heavy (non-hydrogen) atoms. The molecule has 0 radical (unpaired) electrons. The quantitative estimate of drug-likeness (QED) is 0.176. The Morgan fingerprint density at radius 2 is 1.90 bits per heavy atom. The molecular weight excluding hydrogens is 599 g/mol. The fourth-order valence-corrected chi connectivity index (χ4v) is 4.88. The van der Waals surface area contributed by atoms with Crippen molar-refractivity contribution in [1.82, 2.24) is 30.6 Å². The van der Waals surface area contributed by atoms with Crippen molar-refractivity contribution in [2.24, 2.45) is 0 Å². The summed E-state index contributed by atoms with van der Waals surface area (Å²) in [6.45, 7) is 10.0. The molecule has 0 bridgehead atoms. The first-order chi connectivity index (χ1) is 19.5. The summed E-state index contributed by atoms with van der Waals surface area (Å²) in [5.74, 6) is -1.45. The van der Waals surface area contributed by atoms with E-state index in [1.807, 2.05) is 0 Å². The number of carbonyl (C=O) groups is 2. The molecule has 218 valence electrons. The number of rotatable bonds is 14. The van der Waals surface area contributed by atoms with Crippen molar-refractivity contribution >= 4 is 52.3 Å². The molecule has 0 spiro atoms. The number of thioether (sulfide) groups is 1. The third-order valence-corrected chi connectivity index (χ3v) is 7.56. The van der Waals surface area contributed by atoms with Crippen LogP contribution in [0.25, 0.3) is 0 Å². The molecule has 0 saturated heterocycles. The van der Waals surface area contributed by atoms with Crippen LogP contribution in [0.4, 0.5) is 19.0 Å². The van der Waals surface area contributed by atoms with E-state index < -0.39 is 34.6 Å². The van der Waals surface area contributed by atoms with Gasteiger partial charge in [-0.15, -0.1) is 11.3 Å². The number of anilines is 1. The zero-order valence-corrected chi connectivity index (χ0v) is 24.3. The molecule has 1 atom stereocenters. The van der Waals surface area contributed by atoms with Gasteiger partial charge in [-0.05, 0) is 43.7 Å². The highest BCUT2D eigenvalue weighted by Crippen LogP contribution is 2.35. The number of nitrogens with zero attached hydrogens (tertiary/aromatic N) is 4. The highest BCUT2D eigenvalue weighted by atomic mass is 35.5. The number of alkyl halides is 3. The summed E-state index contributed by atoms with van der Waals surface area (Å²) in [7, 11) is 0. The number of unbranched alkanes of at least 4 members (excludes halogenated alkanes) is 2. The molecule has 0 fully saturated rings. The molecule has 0 aliphatic heterocycles. The van der Waals surface area contributed by atoms with Crippen LogP contribution < -0.4 is 16.0 Å². The number of hydrogen-bond acceptors (Lipinski definition) is 9. The van der Waals surface area contributed by atoms with E-state index in [4.69, 9.17) is 11.6 Å². The Hall–Kier alpha value is -3.49. The van der Waals surface area contributed by atoms with Crippen molar-refractivity contribution in [1.29, 1.82) is 0 Å². The Kier molecular flexibility index (Phi) is 11.7. The van der Waals surface area contributed by atoms with Crippen molar-refractivity contribution in [2.75, 3.05) is 11.9 Å². The summed E-state index contributed by atoms with van der Waals surface area (Å²) in [5, 5.41) is 10.7. The first-order valence-corrected chi connectivity index (χ1v) is 14.4. The summed E-state index contributed by atoms with van der Waals surface area (Å²) >= 11 is 8.00. The topological polar surface area (TPSA) is 122 Å². The van der Waals surface area contributed by atoms with Gasteiger partial charge in [0.1, 0.15) is 27.7 Å². The van der Waals surface area contributed by atoms with Gasteiger partial charge in [0.05, 0.1) is 27.9 Å². The molecule has 0 aliphatic carbocycles. The number of amides is 2. The summed E-state index contributed by atoms with van der Waals surface area (Å²) < 4.78 is 39.3. The maximum Gasteiger partial charge on any atom is 0.418 e. The number of carbonyl (C=O) groups excluding carboxylic acids is 2. The predicted molar refractivity (Wildman–Crippen MR) is 155 cm³/mol. The van der Waals surface area contributed by atoms with Crippen molar-refractivity contribution < 1.29 is 22.8 Å². The van der Waals surface area contributed by atoms with Gasteiger partial charge >= 0.3 is 6.18 Å². The van der Waals surface area contributed by atoms with Gasteiger partial charge in [-0.1, -0.05) is 42.9 Å². The lowest BCUT2D eigenvalue weighted by Gasteiger charge is -2.11. The van der Waals surface area contributed by atoms with E-state index >= 15 is 0 Å². The highest BCUT2D eigenvalue weighted by Gasteiger charge is 2.34. The summed E-state index contributed by atoms with van der Waals surface area (Å²) in [4.78, 5) is 41.7. The molecule has 1 unspecified atom stereocenters. The molecule has 3 heterocycles. The van der Waals surface area contributed by atoms with Gasteiger partial charge < -0.3 is 16.0 Å². The third kappa shape index (κ3) is 9.83. The van der Waals surface area contributed by atoms with Gasteiger partial charge in [0.2, 0.25) is 0 Å². The molecule has 0 aliphatic rings. The zero-order chi connectivity index (χ0) is 30.0. The predicted octanol–water partition coefficient (Wildman–Crippen LogP) is 6.39. The molecule has 2 amide bonds. The molecule has 3 N–H and O–H groups in total. The Morgan fingerprint density at radius 1 is 1.12 bits per heavy atom. The second-order valence-corrected chi connectivity index (χ2v) is 11.1. The lowest BCUT2D eigenvalue weighted by Crippen LogP contribution is -2.27. The maximum atomic E-state index is 13.1. The van der Waals surface area contributed by atoms with E-state index in [1.165, 1.54) is 24.3 Å². The minimum atomic E-state index is -4.70. The normalized spacial score (nSPS) is 11.9. The largest absolute Gasteiger partial charge is 0.418 e. The van der Waals surface area contributed by atoms with E-state index in [-0.39, 0.29) is 16.4 Å². The van der Waals surface area contributed by atoms with E-state index in [1.54, 1.807) is 18.4 Å². The van der Waals surface area contributed by atoms with E-state index in [2.05, 4.69) is 49.0 Å². The van der Waals surface area contributed by atoms with Crippen LogP contribution >= 0.6 is 34.7 Å². The lowest BCUT2D eigenvalue weighted by molar-refractivity contribution is -0.137. The Labute approximate surface area is 248 Å². The smallest absolute Gasteiger partial charge is 0.380 e. The standard InChI is InChI=1S/C26H27ClF3N7O2S2/c1-4-40-16(3)31-9-7-5-6-8-17-10-20(35-14-34-17)23(38)36-15(2)25-33-13-21(41-25)24(39)37-22-11-18(26(28,29)30)19(27)12-32-22/h4,10-15,31H,1,3,5-9H2,2H3,(H,36,38)(H,32,37,39). The van der Waals surface area contributed by atoms with Crippen molar-refractivity contribution in [3.8, 4) is 0 Å². The number of halogens is 4. The minimum Gasteiger partial charge on any atom is -0.380 e. The summed E-state index contributed by atoms with van der Waals surface area (Å²) in [6.07, 6.45) is 2.25. The lowest BCUT2D eigenvalue weighted by atomic mass is 10.1. The molecule has 3 aromatic heterocycles. The van der Waals surface area contributed by atoms with Crippen LogP contribution in [0.5, 0.6) is 0 Å². The number of thiazole rings is 1. The Balaban J connectivity index is 1.51. The Morgan fingerprint density at radius 3 is 2.63 bits per heavy atom. The maximum absolute atomic E-state index is 13.1. The number of aryl methyl sites for hydroxylation is 1. The molecule has 15 heteroatoms. The Bertz CT molecular complexity index is 1400. The zero-order valence-electron chi connectivity index (χ0n) is 21.9. The van der Waals surface area contributed by atoms with Crippen LogP contribution in [0.15, 0.2) is 54.4 Å². The van der Waals surface area contributed by atoms with Gasteiger partial charge in [0, 0.05) is 18.4 Å². The number of hydrogen-bond donors (Lipinski definition) is 3.